The van der Waals surface area contributed by atoms with Crippen LogP contribution < -0.4 is 10.6 Å². The number of amides is 1. The number of rotatable bonds is 6. The maximum atomic E-state index is 11.4. The van der Waals surface area contributed by atoms with Crippen LogP contribution in [-0.2, 0) is 0 Å². The van der Waals surface area contributed by atoms with Gasteiger partial charge in [-0.1, -0.05) is 13.8 Å². The van der Waals surface area contributed by atoms with Crippen molar-refractivity contribution in [2.24, 2.45) is 5.92 Å². The molecule has 15 heavy (non-hydrogen) atoms. The average molecular weight is 227 g/mol. The van der Waals surface area contributed by atoms with Crippen molar-refractivity contribution in [3.63, 3.8) is 0 Å². The molecule has 1 rings (SSSR count). The lowest BCUT2D eigenvalue weighted by Gasteiger charge is -2.07. The molecule has 5 heteroatoms. The minimum absolute atomic E-state index is 0.0867. The summed E-state index contributed by atoms with van der Waals surface area (Å²) in [4.78, 5) is 15.3. The summed E-state index contributed by atoms with van der Waals surface area (Å²) >= 11 is 1.36. The molecule has 0 unspecified atom stereocenters. The molecule has 1 heterocycles. The Morgan fingerprint density at radius 2 is 2.33 bits per heavy atom. The van der Waals surface area contributed by atoms with Gasteiger partial charge in [0, 0.05) is 24.7 Å². The first-order valence-corrected chi connectivity index (χ1v) is 5.96. The quantitative estimate of drug-likeness (QED) is 0.716. The van der Waals surface area contributed by atoms with E-state index >= 15 is 0 Å². The second-order valence-corrected chi connectivity index (χ2v) is 4.59. The van der Waals surface area contributed by atoms with Crippen LogP contribution in [0.15, 0.2) is 11.6 Å². The van der Waals surface area contributed by atoms with E-state index in [1.807, 2.05) is 0 Å². The molecule has 0 aliphatic carbocycles. The number of carbonyl (C=O) groups excluding carboxylic acids is 1. The Hall–Kier alpha value is -0.940. The second-order valence-electron chi connectivity index (χ2n) is 3.69. The summed E-state index contributed by atoms with van der Waals surface area (Å²) in [5, 5.41) is 8.38. The molecule has 0 atom stereocenters. The van der Waals surface area contributed by atoms with Crippen LogP contribution >= 0.6 is 11.3 Å². The molecule has 0 aromatic carbocycles. The third kappa shape index (κ3) is 4.90. The fraction of sp³-hybridized carbons (Fsp3) is 0.600. The first-order valence-electron chi connectivity index (χ1n) is 5.08. The van der Waals surface area contributed by atoms with Crippen molar-refractivity contribution in [3.8, 4) is 0 Å². The van der Waals surface area contributed by atoms with Crippen molar-refractivity contribution < 1.29 is 4.79 Å². The van der Waals surface area contributed by atoms with Crippen molar-refractivity contribution in [2.45, 2.75) is 13.8 Å². The van der Waals surface area contributed by atoms with Crippen LogP contribution in [0.1, 0.15) is 23.6 Å². The zero-order chi connectivity index (χ0) is 11.1. The highest BCUT2D eigenvalue weighted by Gasteiger charge is 2.06. The van der Waals surface area contributed by atoms with Crippen LogP contribution in [0.25, 0.3) is 0 Å². The molecule has 4 nitrogen and oxygen atoms in total. The van der Waals surface area contributed by atoms with Crippen molar-refractivity contribution in [1.29, 1.82) is 0 Å². The summed E-state index contributed by atoms with van der Waals surface area (Å²) in [6.45, 7) is 6.73. The van der Waals surface area contributed by atoms with Gasteiger partial charge in [0.25, 0.3) is 5.91 Å². The maximum Gasteiger partial charge on any atom is 0.280 e. The Kier molecular flexibility index (Phi) is 5.28. The van der Waals surface area contributed by atoms with Gasteiger partial charge in [-0.15, -0.1) is 11.3 Å². The zero-order valence-corrected chi connectivity index (χ0v) is 9.93. The molecule has 0 aliphatic heterocycles. The Balaban J connectivity index is 2.08. The minimum Gasteiger partial charge on any atom is -0.349 e. The summed E-state index contributed by atoms with van der Waals surface area (Å²) < 4.78 is 0. The van der Waals surface area contributed by atoms with E-state index in [4.69, 9.17) is 0 Å². The number of hydrogen-bond acceptors (Lipinski definition) is 4. The van der Waals surface area contributed by atoms with E-state index in [1.165, 1.54) is 11.3 Å². The third-order valence-corrected chi connectivity index (χ3v) is 2.54. The van der Waals surface area contributed by atoms with Crippen LogP contribution in [0.5, 0.6) is 0 Å². The van der Waals surface area contributed by atoms with Gasteiger partial charge in [-0.25, -0.2) is 4.98 Å². The first-order chi connectivity index (χ1) is 7.20. The van der Waals surface area contributed by atoms with Crippen molar-refractivity contribution in [2.75, 3.05) is 19.6 Å². The number of nitrogens with one attached hydrogen (secondary N) is 2. The molecule has 2 N–H and O–H groups in total. The van der Waals surface area contributed by atoms with Crippen molar-refractivity contribution in [1.82, 2.24) is 15.6 Å². The predicted octanol–water partition coefficient (Wildman–Crippen LogP) is 1.12. The highest BCUT2D eigenvalue weighted by Crippen LogP contribution is 2.02. The molecule has 0 spiro atoms. The fourth-order valence-electron chi connectivity index (χ4n) is 1.07. The van der Waals surface area contributed by atoms with E-state index in [9.17, 15) is 4.79 Å². The van der Waals surface area contributed by atoms with Gasteiger partial charge in [-0.05, 0) is 12.5 Å². The summed E-state index contributed by atoms with van der Waals surface area (Å²) in [6, 6.07) is 0. The summed E-state index contributed by atoms with van der Waals surface area (Å²) in [5.74, 6) is 0.552. The molecule has 0 fully saturated rings. The molecule has 0 radical (unpaired) electrons. The Bertz CT molecular complexity index is 285. The topological polar surface area (TPSA) is 54.0 Å². The van der Waals surface area contributed by atoms with Crippen LogP contribution in [-0.4, -0.2) is 30.5 Å². The average Bonchev–Trinajstić information content (AvgIpc) is 2.69. The second kappa shape index (κ2) is 6.53. The van der Waals surface area contributed by atoms with Gasteiger partial charge in [0.2, 0.25) is 0 Å². The van der Waals surface area contributed by atoms with Gasteiger partial charge in [-0.2, -0.15) is 0 Å². The largest absolute Gasteiger partial charge is 0.349 e. The Morgan fingerprint density at radius 3 is 2.93 bits per heavy atom. The highest BCUT2D eigenvalue weighted by atomic mass is 32.1. The number of carbonyl (C=O) groups is 1. The molecule has 0 bridgehead atoms. The zero-order valence-electron chi connectivity index (χ0n) is 9.12. The van der Waals surface area contributed by atoms with E-state index < -0.39 is 0 Å². The van der Waals surface area contributed by atoms with Gasteiger partial charge < -0.3 is 10.6 Å². The van der Waals surface area contributed by atoms with Crippen LogP contribution in [0.3, 0.4) is 0 Å². The molecule has 0 aliphatic rings. The molecule has 1 amide bonds. The smallest absolute Gasteiger partial charge is 0.280 e. The van der Waals surface area contributed by atoms with Crippen LogP contribution in [0, 0.1) is 5.92 Å². The first kappa shape index (κ1) is 12.1. The molecule has 1 aromatic heterocycles. The number of hydrogen-bond donors (Lipinski definition) is 2. The summed E-state index contributed by atoms with van der Waals surface area (Å²) in [6.07, 6.45) is 1.64. The van der Waals surface area contributed by atoms with E-state index in [1.54, 1.807) is 11.6 Å². The van der Waals surface area contributed by atoms with Crippen molar-refractivity contribution >= 4 is 17.2 Å². The van der Waals surface area contributed by atoms with Gasteiger partial charge >= 0.3 is 0 Å². The predicted molar refractivity (Wildman–Crippen MR) is 62.2 cm³/mol. The molecular formula is C10H17N3OS. The Labute approximate surface area is 94.1 Å². The van der Waals surface area contributed by atoms with E-state index in [0.717, 1.165) is 13.1 Å². The van der Waals surface area contributed by atoms with Gasteiger partial charge in [0.15, 0.2) is 5.01 Å². The minimum atomic E-state index is -0.0867. The van der Waals surface area contributed by atoms with E-state index in [2.05, 4.69) is 29.5 Å². The molecule has 0 saturated heterocycles. The third-order valence-electron chi connectivity index (χ3n) is 1.77. The number of aromatic nitrogens is 1. The summed E-state index contributed by atoms with van der Waals surface area (Å²) in [7, 11) is 0. The lowest BCUT2D eigenvalue weighted by atomic mass is 10.2. The lowest BCUT2D eigenvalue weighted by Crippen LogP contribution is -2.33. The SMILES string of the molecule is CC(C)CNCCNC(=O)c1nccs1. The molecule has 1 aromatic rings. The maximum absolute atomic E-state index is 11.4. The van der Waals surface area contributed by atoms with Gasteiger partial charge in [0.05, 0.1) is 0 Å². The molecule has 84 valence electrons. The number of nitrogens with zero attached hydrogens (tertiary/aromatic N) is 1. The van der Waals surface area contributed by atoms with Gasteiger partial charge in [-0.3, -0.25) is 4.79 Å². The summed E-state index contributed by atoms with van der Waals surface area (Å²) in [5.41, 5.74) is 0. The molecular weight excluding hydrogens is 210 g/mol. The highest BCUT2D eigenvalue weighted by molar-refractivity contribution is 7.11. The van der Waals surface area contributed by atoms with E-state index in [-0.39, 0.29) is 5.91 Å². The van der Waals surface area contributed by atoms with Crippen molar-refractivity contribution in [3.05, 3.63) is 16.6 Å². The van der Waals surface area contributed by atoms with E-state index in [0.29, 0.717) is 17.5 Å². The molecule has 0 saturated carbocycles. The Morgan fingerprint density at radius 1 is 1.53 bits per heavy atom. The fourth-order valence-corrected chi connectivity index (χ4v) is 1.62. The number of thiazole rings is 1. The monoisotopic (exact) mass is 227 g/mol. The van der Waals surface area contributed by atoms with Crippen LogP contribution in [0.4, 0.5) is 0 Å². The normalized spacial score (nSPS) is 10.6. The lowest BCUT2D eigenvalue weighted by molar-refractivity contribution is 0.0953. The standard InChI is InChI=1S/C10H17N3OS/c1-8(2)7-11-3-4-12-9(14)10-13-5-6-15-10/h5-6,8,11H,3-4,7H2,1-2H3,(H,12,14). The van der Waals surface area contributed by atoms with Crippen LogP contribution in [0.2, 0.25) is 0 Å². The van der Waals surface area contributed by atoms with Gasteiger partial charge in [0.1, 0.15) is 0 Å².